The second-order valence-corrected chi connectivity index (χ2v) is 6.32. The fourth-order valence-electron chi connectivity index (χ4n) is 1.46. The largest absolute Gasteiger partial charge is 0.325 e. The van der Waals surface area contributed by atoms with Crippen molar-refractivity contribution in [1.29, 1.82) is 0 Å². The van der Waals surface area contributed by atoms with Gasteiger partial charge in [-0.25, -0.2) is 13.1 Å². The van der Waals surface area contributed by atoms with Crippen molar-refractivity contribution in [3.05, 3.63) is 24.3 Å². The van der Waals surface area contributed by atoms with Gasteiger partial charge in [0.2, 0.25) is 15.9 Å². The average molecular weight is 336 g/mol. The molecule has 1 atom stereocenters. The minimum Gasteiger partial charge on any atom is -0.325 e. The molecule has 0 heterocycles. The minimum absolute atomic E-state index is 0. The molecule has 1 aromatic carbocycles. The molecule has 0 saturated carbocycles. The molecule has 0 aliphatic rings. The maximum absolute atomic E-state index is 12.0. The molecule has 4 N–H and O–H groups in total. The highest BCUT2D eigenvalue weighted by molar-refractivity contribution is 7.89. The Morgan fingerprint density at radius 2 is 2.05 bits per heavy atom. The lowest BCUT2D eigenvalue weighted by molar-refractivity contribution is -0.117. The molecule has 0 aliphatic carbocycles. The number of rotatable bonds is 7. The fourth-order valence-corrected chi connectivity index (χ4v) is 2.58. The van der Waals surface area contributed by atoms with Gasteiger partial charge in [0.25, 0.3) is 0 Å². The third-order valence-corrected chi connectivity index (χ3v) is 4.11. The third-order valence-electron chi connectivity index (χ3n) is 2.65. The SMILES string of the molecule is CCCCNS(=O)(=O)c1cccc(NC(=O)[C@@H](C)N)c1.Cl. The van der Waals surface area contributed by atoms with Gasteiger partial charge in [0, 0.05) is 12.2 Å². The van der Waals surface area contributed by atoms with Crippen molar-refractivity contribution in [1.82, 2.24) is 4.72 Å². The molecule has 1 amide bonds. The second-order valence-electron chi connectivity index (χ2n) is 4.56. The summed E-state index contributed by atoms with van der Waals surface area (Å²) in [5, 5.41) is 2.56. The highest BCUT2D eigenvalue weighted by Crippen LogP contribution is 2.15. The Bertz CT molecular complexity index is 562. The predicted octanol–water partition coefficient (Wildman–Crippen LogP) is 1.47. The van der Waals surface area contributed by atoms with Gasteiger partial charge in [-0.1, -0.05) is 19.4 Å². The number of carbonyl (C=O) groups is 1. The summed E-state index contributed by atoms with van der Waals surface area (Å²) in [7, 11) is -3.54. The topological polar surface area (TPSA) is 101 Å². The molecule has 120 valence electrons. The van der Waals surface area contributed by atoms with Gasteiger partial charge < -0.3 is 11.1 Å². The van der Waals surface area contributed by atoms with Crippen LogP contribution in [0, 0.1) is 0 Å². The van der Waals surface area contributed by atoms with Gasteiger partial charge in [-0.3, -0.25) is 4.79 Å². The van der Waals surface area contributed by atoms with Crippen molar-refractivity contribution < 1.29 is 13.2 Å². The zero-order valence-corrected chi connectivity index (χ0v) is 13.8. The Balaban J connectivity index is 0.00000400. The molecule has 0 aromatic heterocycles. The van der Waals surface area contributed by atoms with Gasteiger partial charge in [-0.15, -0.1) is 12.4 Å². The first kappa shape index (κ1) is 19.9. The van der Waals surface area contributed by atoms with E-state index in [0.29, 0.717) is 12.2 Å². The molecule has 6 nitrogen and oxygen atoms in total. The van der Waals surface area contributed by atoms with Crippen molar-refractivity contribution in [2.75, 3.05) is 11.9 Å². The number of hydrogen-bond donors (Lipinski definition) is 3. The minimum atomic E-state index is -3.54. The number of nitrogens with two attached hydrogens (primary N) is 1. The number of amides is 1. The van der Waals surface area contributed by atoms with Crippen LogP contribution in [0.3, 0.4) is 0 Å². The van der Waals surface area contributed by atoms with E-state index in [9.17, 15) is 13.2 Å². The van der Waals surface area contributed by atoms with Gasteiger partial charge >= 0.3 is 0 Å². The Kier molecular flexibility index (Phi) is 8.50. The van der Waals surface area contributed by atoms with E-state index in [0.717, 1.165) is 12.8 Å². The van der Waals surface area contributed by atoms with E-state index in [2.05, 4.69) is 10.0 Å². The highest BCUT2D eigenvalue weighted by Gasteiger charge is 2.14. The number of unbranched alkanes of at least 4 members (excludes halogenated alkanes) is 1. The zero-order chi connectivity index (χ0) is 15.2. The van der Waals surface area contributed by atoms with E-state index >= 15 is 0 Å². The van der Waals surface area contributed by atoms with Gasteiger partial charge in [0.15, 0.2) is 0 Å². The maximum Gasteiger partial charge on any atom is 0.240 e. The number of nitrogens with one attached hydrogen (secondary N) is 2. The number of carbonyl (C=O) groups excluding carboxylic acids is 1. The van der Waals surface area contributed by atoms with Gasteiger partial charge in [-0.2, -0.15) is 0 Å². The normalized spacial score (nSPS) is 12.3. The van der Waals surface area contributed by atoms with Crippen LogP contribution in [-0.4, -0.2) is 26.9 Å². The smallest absolute Gasteiger partial charge is 0.240 e. The molecule has 0 aliphatic heterocycles. The van der Waals surface area contributed by atoms with Crippen molar-refractivity contribution in [2.45, 2.75) is 37.6 Å². The van der Waals surface area contributed by atoms with Crippen LogP contribution in [0.25, 0.3) is 0 Å². The summed E-state index contributed by atoms with van der Waals surface area (Å²) in [6.07, 6.45) is 1.69. The van der Waals surface area contributed by atoms with Gasteiger partial charge in [0.1, 0.15) is 0 Å². The van der Waals surface area contributed by atoms with Crippen LogP contribution in [0.4, 0.5) is 5.69 Å². The average Bonchev–Trinajstić information content (AvgIpc) is 2.39. The maximum atomic E-state index is 12.0. The van der Waals surface area contributed by atoms with Crippen molar-refractivity contribution in [3.63, 3.8) is 0 Å². The van der Waals surface area contributed by atoms with E-state index in [1.165, 1.54) is 12.1 Å². The molecule has 21 heavy (non-hydrogen) atoms. The molecule has 0 fully saturated rings. The van der Waals surface area contributed by atoms with E-state index in [-0.39, 0.29) is 23.2 Å². The Labute approximate surface area is 132 Å². The van der Waals surface area contributed by atoms with Crippen LogP contribution < -0.4 is 15.8 Å². The Morgan fingerprint density at radius 1 is 1.38 bits per heavy atom. The summed E-state index contributed by atoms with van der Waals surface area (Å²) >= 11 is 0. The van der Waals surface area contributed by atoms with Crippen molar-refractivity contribution >= 4 is 34.0 Å². The van der Waals surface area contributed by atoms with Crippen molar-refractivity contribution in [3.8, 4) is 0 Å². The summed E-state index contributed by atoms with van der Waals surface area (Å²) in [6.45, 7) is 3.94. The molecule has 1 aromatic rings. The molecule has 0 saturated heterocycles. The predicted molar refractivity (Wildman–Crippen MR) is 86.1 cm³/mol. The van der Waals surface area contributed by atoms with Crippen molar-refractivity contribution in [2.24, 2.45) is 5.73 Å². The number of anilines is 1. The molecule has 0 spiro atoms. The fraction of sp³-hybridized carbons (Fsp3) is 0.462. The molecule has 0 unspecified atom stereocenters. The summed E-state index contributed by atoms with van der Waals surface area (Å²) in [5.74, 6) is -0.363. The van der Waals surface area contributed by atoms with E-state index in [4.69, 9.17) is 5.73 Å². The van der Waals surface area contributed by atoms with Crippen LogP contribution in [0.1, 0.15) is 26.7 Å². The van der Waals surface area contributed by atoms with Crippen LogP contribution in [0.15, 0.2) is 29.2 Å². The summed E-state index contributed by atoms with van der Waals surface area (Å²) in [6, 6.07) is 5.43. The quantitative estimate of drug-likeness (QED) is 0.657. The van der Waals surface area contributed by atoms with Crippen LogP contribution in [0.2, 0.25) is 0 Å². The lowest BCUT2D eigenvalue weighted by Gasteiger charge is -2.10. The van der Waals surface area contributed by atoms with Crippen LogP contribution >= 0.6 is 12.4 Å². The van der Waals surface area contributed by atoms with Crippen LogP contribution in [0.5, 0.6) is 0 Å². The summed E-state index contributed by atoms with van der Waals surface area (Å²) in [5.41, 5.74) is 5.85. The first-order valence-electron chi connectivity index (χ1n) is 6.53. The van der Waals surface area contributed by atoms with E-state index < -0.39 is 16.1 Å². The molecule has 8 heteroatoms. The van der Waals surface area contributed by atoms with E-state index in [1.807, 2.05) is 6.92 Å². The standard InChI is InChI=1S/C13H21N3O3S.ClH/c1-3-4-8-15-20(18,19)12-7-5-6-11(9-12)16-13(17)10(2)14;/h5-7,9-10,15H,3-4,8,14H2,1-2H3,(H,16,17);1H/t10-;/m1./s1. The molecule has 1 rings (SSSR count). The molecule has 0 bridgehead atoms. The van der Waals surface area contributed by atoms with Gasteiger partial charge in [0.05, 0.1) is 10.9 Å². The highest BCUT2D eigenvalue weighted by atomic mass is 35.5. The van der Waals surface area contributed by atoms with Crippen LogP contribution in [-0.2, 0) is 14.8 Å². The molecular formula is C13H22ClN3O3S. The number of hydrogen-bond acceptors (Lipinski definition) is 4. The zero-order valence-electron chi connectivity index (χ0n) is 12.1. The van der Waals surface area contributed by atoms with E-state index in [1.54, 1.807) is 19.1 Å². The van der Waals surface area contributed by atoms with Gasteiger partial charge in [-0.05, 0) is 31.5 Å². The third kappa shape index (κ3) is 6.43. The summed E-state index contributed by atoms with van der Waals surface area (Å²) < 4.78 is 26.6. The number of sulfonamides is 1. The first-order valence-corrected chi connectivity index (χ1v) is 8.01. The monoisotopic (exact) mass is 335 g/mol. The lowest BCUT2D eigenvalue weighted by Crippen LogP contribution is -2.32. The first-order chi connectivity index (χ1) is 9.36. The second kappa shape index (κ2) is 8.99. The number of halogens is 1. The summed E-state index contributed by atoms with van der Waals surface area (Å²) in [4.78, 5) is 11.6. The Morgan fingerprint density at radius 3 is 2.62 bits per heavy atom. The molecular weight excluding hydrogens is 314 g/mol. The Hall–Kier alpha value is -1.15. The molecule has 0 radical (unpaired) electrons. The lowest BCUT2D eigenvalue weighted by atomic mass is 10.3. The number of benzene rings is 1.